The van der Waals surface area contributed by atoms with Crippen molar-refractivity contribution in [2.45, 2.75) is 20.0 Å². The summed E-state index contributed by atoms with van der Waals surface area (Å²) >= 11 is 5.52. The molecule has 2 aromatic rings. The minimum absolute atomic E-state index is 0.352. The van der Waals surface area contributed by atoms with Gasteiger partial charge >= 0.3 is 0 Å². The van der Waals surface area contributed by atoms with Gasteiger partial charge in [-0.1, -0.05) is 11.8 Å². The van der Waals surface area contributed by atoms with Crippen molar-refractivity contribution in [1.82, 2.24) is 4.98 Å². The van der Waals surface area contributed by atoms with E-state index >= 15 is 0 Å². The highest BCUT2D eigenvalue weighted by atomic mass is 35.5. The van der Waals surface area contributed by atoms with Crippen molar-refractivity contribution in [2.75, 3.05) is 5.88 Å². The molecular weight excluding hydrogens is 289 g/mol. The molecule has 1 aromatic carbocycles. The van der Waals surface area contributed by atoms with Gasteiger partial charge < -0.3 is 4.74 Å². The number of pyridine rings is 1. The lowest BCUT2D eigenvalue weighted by molar-refractivity contribution is 0.304. The molecule has 0 N–H and O–H groups in total. The molecule has 2 rings (SSSR count). The first-order valence-electron chi connectivity index (χ1n) is 6.57. The van der Waals surface area contributed by atoms with E-state index in [4.69, 9.17) is 16.3 Å². The van der Waals surface area contributed by atoms with Crippen LogP contribution in [0.2, 0.25) is 0 Å². The van der Waals surface area contributed by atoms with Crippen molar-refractivity contribution in [1.29, 1.82) is 0 Å². The van der Waals surface area contributed by atoms with Gasteiger partial charge in [0, 0.05) is 36.3 Å². The van der Waals surface area contributed by atoms with Crippen LogP contribution in [0.5, 0.6) is 5.75 Å². The number of rotatable bonds is 4. The van der Waals surface area contributed by atoms with E-state index in [0.29, 0.717) is 30.2 Å². The van der Waals surface area contributed by atoms with Crippen LogP contribution < -0.4 is 4.74 Å². The molecule has 0 amide bonds. The molecule has 4 heteroatoms. The second-order valence-electron chi connectivity index (χ2n) is 4.54. The van der Waals surface area contributed by atoms with E-state index in [0.717, 1.165) is 11.1 Å². The maximum Gasteiger partial charge on any atom is 0.142 e. The largest absolute Gasteiger partial charge is 0.489 e. The van der Waals surface area contributed by atoms with Crippen LogP contribution in [0.4, 0.5) is 4.39 Å². The number of hydrogen-bond acceptors (Lipinski definition) is 2. The number of hydrogen-bond donors (Lipinski definition) is 0. The number of aryl methyl sites for hydroxylation is 1. The summed E-state index contributed by atoms with van der Waals surface area (Å²) in [7, 11) is 0. The summed E-state index contributed by atoms with van der Waals surface area (Å²) in [5.74, 6) is 6.07. The zero-order valence-corrected chi connectivity index (χ0v) is 12.5. The Bertz CT molecular complexity index is 676. The minimum atomic E-state index is -0.392. The molecule has 2 nitrogen and oxygen atoms in total. The number of ether oxygens (including phenoxy) is 1. The summed E-state index contributed by atoms with van der Waals surface area (Å²) in [5, 5.41) is 0. The Morgan fingerprint density at radius 3 is 2.86 bits per heavy atom. The highest BCUT2D eigenvalue weighted by molar-refractivity contribution is 6.18. The van der Waals surface area contributed by atoms with Gasteiger partial charge in [-0.15, -0.1) is 11.6 Å². The van der Waals surface area contributed by atoms with Crippen LogP contribution >= 0.6 is 11.6 Å². The van der Waals surface area contributed by atoms with Crippen LogP contribution in [0, 0.1) is 24.6 Å². The van der Waals surface area contributed by atoms with E-state index in [-0.39, 0.29) is 0 Å². The molecule has 0 bridgehead atoms. The SMILES string of the molecule is Cc1cncc(COc2ccc(C#CCCCl)c(F)c2)c1. The summed E-state index contributed by atoms with van der Waals surface area (Å²) in [6, 6.07) is 6.64. The fourth-order valence-electron chi connectivity index (χ4n) is 1.76. The van der Waals surface area contributed by atoms with Gasteiger partial charge in [0.2, 0.25) is 0 Å². The fraction of sp³-hybridized carbons (Fsp3) is 0.235. The van der Waals surface area contributed by atoms with E-state index in [2.05, 4.69) is 16.8 Å². The lowest BCUT2D eigenvalue weighted by Gasteiger charge is -2.07. The zero-order valence-electron chi connectivity index (χ0n) is 11.7. The van der Waals surface area contributed by atoms with E-state index in [1.54, 1.807) is 24.5 Å². The third-order valence-corrected chi connectivity index (χ3v) is 2.91. The molecule has 0 atom stereocenters. The second kappa shape index (κ2) is 7.66. The third-order valence-electron chi connectivity index (χ3n) is 2.72. The third kappa shape index (κ3) is 4.77. The zero-order chi connectivity index (χ0) is 15.1. The Labute approximate surface area is 128 Å². The Hall–Kier alpha value is -2.05. The van der Waals surface area contributed by atoms with E-state index < -0.39 is 5.82 Å². The standard InChI is InChI=1S/C17H15ClFNO/c1-13-8-14(11-20-10-13)12-21-16-6-5-15(17(19)9-16)4-2-3-7-18/h5-6,8-11H,3,7,12H2,1H3. The number of alkyl halides is 1. The second-order valence-corrected chi connectivity index (χ2v) is 4.92. The molecular formula is C17H15ClFNO. The smallest absolute Gasteiger partial charge is 0.142 e. The Morgan fingerprint density at radius 1 is 1.29 bits per heavy atom. The molecule has 0 spiro atoms. The molecule has 1 aromatic heterocycles. The molecule has 0 unspecified atom stereocenters. The van der Waals surface area contributed by atoms with Gasteiger partial charge in [0.15, 0.2) is 0 Å². The molecule has 0 aliphatic rings. The Kier molecular flexibility index (Phi) is 5.59. The molecule has 0 fully saturated rings. The Balaban J connectivity index is 2.02. The maximum atomic E-state index is 13.8. The molecule has 0 aliphatic heterocycles. The van der Waals surface area contributed by atoms with Crippen molar-refractivity contribution >= 4 is 11.6 Å². The van der Waals surface area contributed by atoms with Gasteiger partial charge in [-0.05, 0) is 30.7 Å². The number of halogens is 2. The van der Waals surface area contributed by atoms with Crippen molar-refractivity contribution in [3.63, 3.8) is 0 Å². The van der Waals surface area contributed by atoms with Crippen molar-refractivity contribution in [3.05, 3.63) is 59.2 Å². The van der Waals surface area contributed by atoms with Crippen LogP contribution in [0.3, 0.4) is 0 Å². The van der Waals surface area contributed by atoms with Gasteiger partial charge in [-0.2, -0.15) is 0 Å². The summed E-state index contributed by atoms with van der Waals surface area (Å²) < 4.78 is 19.4. The van der Waals surface area contributed by atoms with E-state index in [9.17, 15) is 4.39 Å². The summed E-state index contributed by atoms with van der Waals surface area (Å²) in [5.41, 5.74) is 2.36. The maximum absolute atomic E-state index is 13.8. The Morgan fingerprint density at radius 2 is 2.14 bits per heavy atom. The number of nitrogens with zero attached hydrogens (tertiary/aromatic N) is 1. The first-order chi connectivity index (χ1) is 10.2. The predicted molar refractivity (Wildman–Crippen MR) is 81.9 cm³/mol. The van der Waals surface area contributed by atoms with Crippen molar-refractivity contribution < 1.29 is 9.13 Å². The van der Waals surface area contributed by atoms with Crippen molar-refractivity contribution in [2.24, 2.45) is 0 Å². The average Bonchev–Trinajstić information content (AvgIpc) is 2.47. The van der Waals surface area contributed by atoms with Gasteiger partial charge in [0.05, 0.1) is 5.56 Å². The molecule has 21 heavy (non-hydrogen) atoms. The fourth-order valence-corrected chi connectivity index (χ4v) is 1.85. The predicted octanol–water partition coefficient (Wildman–Crippen LogP) is 4.09. The normalized spacial score (nSPS) is 9.86. The van der Waals surface area contributed by atoms with Gasteiger partial charge in [-0.25, -0.2) is 4.39 Å². The van der Waals surface area contributed by atoms with Crippen LogP contribution in [0.15, 0.2) is 36.7 Å². The first kappa shape index (κ1) is 15.3. The van der Waals surface area contributed by atoms with E-state index in [1.807, 2.05) is 13.0 Å². The highest BCUT2D eigenvalue weighted by Gasteiger charge is 2.03. The summed E-state index contributed by atoms with van der Waals surface area (Å²) in [6.45, 7) is 2.32. The van der Waals surface area contributed by atoms with Crippen LogP contribution in [-0.4, -0.2) is 10.9 Å². The lowest BCUT2D eigenvalue weighted by Crippen LogP contribution is -1.97. The first-order valence-corrected chi connectivity index (χ1v) is 7.10. The molecule has 0 radical (unpaired) electrons. The molecule has 1 heterocycles. The topological polar surface area (TPSA) is 22.1 Å². The molecule has 0 aliphatic carbocycles. The van der Waals surface area contributed by atoms with Gasteiger partial charge in [0.25, 0.3) is 0 Å². The quantitative estimate of drug-likeness (QED) is 0.627. The molecule has 108 valence electrons. The van der Waals surface area contributed by atoms with Crippen molar-refractivity contribution in [3.8, 4) is 17.6 Å². The summed E-state index contributed by atoms with van der Waals surface area (Å²) in [4.78, 5) is 4.09. The highest BCUT2D eigenvalue weighted by Crippen LogP contribution is 2.17. The van der Waals surface area contributed by atoms with Crippen LogP contribution in [0.25, 0.3) is 0 Å². The molecule has 0 saturated carbocycles. The molecule has 0 saturated heterocycles. The van der Waals surface area contributed by atoms with Gasteiger partial charge in [0.1, 0.15) is 18.2 Å². The van der Waals surface area contributed by atoms with Crippen LogP contribution in [0.1, 0.15) is 23.1 Å². The monoisotopic (exact) mass is 303 g/mol. The van der Waals surface area contributed by atoms with Crippen LogP contribution in [-0.2, 0) is 6.61 Å². The lowest BCUT2D eigenvalue weighted by atomic mass is 10.2. The average molecular weight is 304 g/mol. The van der Waals surface area contributed by atoms with E-state index in [1.165, 1.54) is 6.07 Å². The number of aromatic nitrogens is 1. The minimum Gasteiger partial charge on any atom is -0.489 e. The van der Waals surface area contributed by atoms with Gasteiger partial charge in [-0.3, -0.25) is 4.98 Å². The summed E-state index contributed by atoms with van der Waals surface area (Å²) in [6.07, 6.45) is 4.05. The number of benzene rings is 1.